The first-order valence-electron chi connectivity index (χ1n) is 9.32. The molecule has 4 rings (SSSR count). The number of benzene rings is 2. The van der Waals surface area contributed by atoms with Crippen LogP contribution in [0.1, 0.15) is 5.56 Å². The Morgan fingerprint density at radius 2 is 1.79 bits per heavy atom. The van der Waals surface area contributed by atoms with Gasteiger partial charge in [-0.15, -0.1) is 0 Å². The highest BCUT2D eigenvalue weighted by atomic mass is 19.4. The normalized spacial score (nSPS) is 15.9. The second-order valence-corrected chi connectivity index (χ2v) is 6.91. The Kier molecular flexibility index (Phi) is 5.13. The summed E-state index contributed by atoms with van der Waals surface area (Å²) >= 11 is 0. The van der Waals surface area contributed by atoms with Crippen LogP contribution in [0.25, 0.3) is 11.0 Å². The summed E-state index contributed by atoms with van der Waals surface area (Å²) in [6.07, 6.45) is -4.31. The number of piperazine rings is 1. The third-order valence-corrected chi connectivity index (χ3v) is 5.02. The predicted molar refractivity (Wildman–Crippen MR) is 105 cm³/mol. The summed E-state index contributed by atoms with van der Waals surface area (Å²) < 4.78 is 38.7. The lowest BCUT2D eigenvalue weighted by molar-refractivity contribution is -0.137. The average Bonchev–Trinajstić information content (AvgIpc) is 3.11. The van der Waals surface area contributed by atoms with Gasteiger partial charge in [0.1, 0.15) is 0 Å². The SMILES string of the molecule is FC(F)(F)c1cccc(N2CCN(CCNc3nc4ccccc4[nH]3)CC2)c1. The summed E-state index contributed by atoms with van der Waals surface area (Å²) in [7, 11) is 0. The third-order valence-electron chi connectivity index (χ3n) is 5.02. The van der Waals surface area contributed by atoms with Crippen molar-refractivity contribution in [3.63, 3.8) is 0 Å². The molecular formula is C20H22F3N5. The molecule has 8 heteroatoms. The van der Waals surface area contributed by atoms with E-state index in [1.54, 1.807) is 6.07 Å². The highest BCUT2D eigenvalue weighted by molar-refractivity contribution is 5.77. The fourth-order valence-corrected chi connectivity index (χ4v) is 3.48. The predicted octanol–water partition coefficient (Wildman–Crippen LogP) is 3.82. The minimum atomic E-state index is -4.31. The maximum Gasteiger partial charge on any atom is 0.416 e. The van der Waals surface area contributed by atoms with Crippen LogP contribution in [0.3, 0.4) is 0 Å². The molecule has 148 valence electrons. The molecule has 0 aliphatic carbocycles. The van der Waals surface area contributed by atoms with E-state index in [-0.39, 0.29) is 0 Å². The van der Waals surface area contributed by atoms with Crippen molar-refractivity contribution in [1.29, 1.82) is 0 Å². The number of halogens is 3. The maximum atomic E-state index is 12.9. The van der Waals surface area contributed by atoms with E-state index in [2.05, 4.69) is 20.2 Å². The molecule has 0 radical (unpaired) electrons. The molecular weight excluding hydrogens is 367 g/mol. The second kappa shape index (κ2) is 7.71. The Bertz CT molecular complexity index is 896. The van der Waals surface area contributed by atoms with Crippen molar-refractivity contribution in [2.75, 3.05) is 49.5 Å². The molecule has 2 heterocycles. The van der Waals surface area contributed by atoms with Crippen LogP contribution in [0, 0.1) is 0 Å². The quantitative estimate of drug-likeness (QED) is 0.697. The van der Waals surface area contributed by atoms with Crippen molar-refractivity contribution in [2.24, 2.45) is 0 Å². The van der Waals surface area contributed by atoms with Crippen LogP contribution in [0.2, 0.25) is 0 Å². The minimum absolute atomic E-state index is 0.595. The van der Waals surface area contributed by atoms with Crippen LogP contribution < -0.4 is 10.2 Å². The number of nitrogens with one attached hydrogen (secondary N) is 2. The van der Waals surface area contributed by atoms with Gasteiger partial charge >= 0.3 is 6.18 Å². The van der Waals surface area contributed by atoms with E-state index >= 15 is 0 Å². The Balaban J connectivity index is 1.26. The first-order valence-corrected chi connectivity index (χ1v) is 9.32. The molecule has 1 saturated heterocycles. The van der Waals surface area contributed by atoms with Gasteiger partial charge in [0.05, 0.1) is 16.6 Å². The zero-order valence-electron chi connectivity index (χ0n) is 15.3. The van der Waals surface area contributed by atoms with Crippen molar-refractivity contribution >= 4 is 22.7 Å². The topological polar surface area (TPSA) is 47.2 Å². The lowest BCUT2D eigenvalue weighted by Gasteiger charge is -2.36. The fraction of sp³-hybridized carbons (Fsp3) is 0.350. The smallest absolute Gasteiger partial charge is 0.369 e. The Morgan fingerprint density at radius 3 is 2.54 bits per heavy atom. The highest BCUT2D eigenvalue weighted by Gasteiger charge is 2.31. The van der Waals surface area contributed by atoms with Gasteiger partial charge in [0.15, 0.2) is 0 Å². The van der Waals surface area contributed by atoms with Crippen LogP contribution >= 0.6 is 0 Å². The van der Waals surface area contributed by atoms with E-state index in [4.69, 9.17) is 0 Å². The summed E-state index contributed by atoms with van der Waals surface area (Å²) in [6, 6.07) is 13.4. The monoisotopic (exact) mass is 389 g/mol. The highest BCUT2D eigenvalue weighted by Crippen LogP contribution is 2.31. The minimum Gasteiger partial charge on any atom is -0.369 e. The van der Waals surface area contributed by atoms with Crippen molar-refractivity contribution in [3.8, 4) is 0 Å². The Labute approximate surface area is 161 Å². The fourth-order valence-electron chi connectivity index (χ4n) is 3.48. The van der Waals surface area contributed by atoms with Crippen molar-refractivity contribution in [3.05, 3.63) is 54.1 Å². The first-order chi connectivity index (χ1) is 13.5. The zero-order valence-corrected chi connectivity index (χ0v) is 15.3. The third kappa shape index (κ3) is 4.22. The number of nitrogens with zero attached hydrogens (tertiary/aromatic N) is 3. The van der Waals surface area contributed by atoms with Gasteiger partial charge in [-0.1, -0.05) is 18.2 Å². The van der Waals surface area contributed by atoms with E-state index in [0.717, 1.165) is 49.2 Å². The number of aromatic amines is 1. The molecule has 1 fully saturated rings. The van der Waals surface area contributed by atoms with Gasteiger partial charge < -0.3 is 15.2 Å². The van der Waals surface area contributed by atoms with Gasteiger partial charge in [-0.3, -0.25) is 4.90 Å². The number of aromatic nitrogens is 2. The first kappa shape index (κ1) is 18.6. The number of hydrogen-bond acceptors (Lipinski definition) is 4. The molecule has 0 spiro atoms. The number of fused-ring (bicyclic) bond motifs is 1. The van der Waals surface area contributed by atoms with E-state index in [1.165, 1.54) is 12.1 Å². The molecule has 1 aliphatic heterocycles. The molecule has 0 unspecified atom stereocenters. The standard InChI is InChI=1S/C20H22F3N5/c21-20(22,23)15-4-3-5-16(14-15)28-12-10-27(11-13-28)9-8-24-19-25-17-6-1-2-7-18(17)26-19/h1-7,14H,8-13H2,(H2,24,25,26). The number of H-pyrrole nitrogens is 1. The van der Waals surface area contributed by atoms with E-state index in [9.17, 15) is 13.2 Å². The summed E-state index contributed by atoms with van der Waals surface area (Å²) in [6.45, 7) is 4.67. The summed E-state index contributed by atoms with van der Waals surface area (Å²) in [5.41, 5.74) is 1.97. The molecule has 28 heavy (non-hydrogen) atoms. The molecule has 1 aromatic heterocycles. The lowest BCUT2D eigenvalue weighted by atomic mass is 10.1. The van der Waals surface area contributed by atoms with Crippen molar-refractivity contribution in [1.82, 2.24) is 14.9 Å². The van der Waals surface area contributed by atoms with E-state index < -0.39 is 11.7 Å². The molecule has 5 nitrogen and oxygen atoms in total. The van der Waals surface area contributed by atoms with Gasteiger partial charge in [0, 0.05) is 45.0 Å². The molecule has 3 aromatic rings. The van der Waals surface area contributed by atoms with Crippen LogP contribution in [0.5, 0.6) is 0 Å². The Hall–Kier alpha value is -2.74. The molecule has 0 bridgehead atoms. The van der Waals surface area contributed by atoms with E-state index in [1.807, 2.05) is 29.2 Å². The van der Waals surface area contributed by atoms with Crippen LogP contribution in [0.4, 0.5) is 24.8 Å². The number of hydrogen-bond donors (Lipinski definition) is 2. The lowest BCUT2D eigenvalue weighted by Crippen LogP contribution is -2.47. The van der Waals surface area contributed by atoms with Gasteiger partial charge in [0.2, 0.25) is 5.95 Å². The van der Waals surface area contributed by atoms with Crippen LogP contribution in [-0.2, 0) is 6.18 Å². The molecule has 2 aromatic carbocycles. The molecule has 2 N–H and O–H groups in total. The molecule has 1 aliphatic rings. The van der Waals surface area contributed by atoms with Gasteiger partial charge in [-0.2, -0.15) is 13.2 Å². The summed E-state index contributed by atoms with van der Waals surface area (Å²) in [5, 5.41) is 3.30. The maximum absolute atomic E-state index is 12.9. The van der Waals surface area contributed by atoms with Gasteiger partial charge in [0.25, 0.3) is 0 Å². The number of imidazole rings is 1. The molecule has 0 saturated carbocycles. The number of rotatable bonds is 5. The number of anilines is 2. The van der Waals surface area contributed by atoms with Crippen LogP contribution in [-0.4, -0.2) is 54.1 Å². The molecule has 0 atom stereocenters. The van der Waals surface area contributed by atoms with Crippen LogP contribution in [0.15, 0.2) is 48.5 Å². The van der Waals surface area contributed by atoms with Gasteiger partial charge in [-0.05, 0) is 30.3 Å². The second-order valence-electron chi connectivity index (χ2n) is 6.91. The summed E-state index contributed by atoms with van der Waals surface area (Å²) in [4.78, 5) is 12.0. The molecule has 0 amide bonds. The number of alkyl halides is 3. The summed E-state index contributed by atoms with van der Waals surface area (Å²) in [5.74, 6) is 0.754. The zero-order chi connectivity index (χ0) is 19.6. The number of para-hydroxylation sites is 2. The van der Waals surface area contributed by atoms with Crippen molar-refractivity contribution < 1.29 is 13.2 Å². The van der Waals surface area contributed by atoms with E-state index in [0.29, 0.717) is 18.8 Å². The average molecular weight is 389 g/mol. The van der Waals surface area contributed by atoms with Crippen molar-refractivity contribution in [2.45, 2.75) is 6.18 Å². The largest absolute Gasteiger partial charge is 0.416 e. The Morgan fingerprint density at radius 1 is 1.00 bits per heavy atom. The van der Waals surface area contributed by atoms with Gasteiger partial charge in [-0.25, -0.2) is 4.98 Å².